The van der Waals surface area contributed by atoms with Gasteiger partial charge in [0, 0.05) is 49.5 Å². The number of nitrogens with zero attached hydrogens (tertiary/aromatic N) is 3. The van der Waals surface area contributed by atoms with Crippen molar-refractivity contribution >= 4 is 66.6 Å². The second-order valence-electron chi connectivity index (χ2n) is 8.31. The van der Waals surface area contributed by atoms with Crippen molar-refractivity contribution in [1.82, 2.24) is 9.88 Å². The highest BCUT2D eigenvalue weighted by molar-refractivity contribution is 7.99. The zero-order chi connectivity index (χ0) is 24.1. The number of amides is 1. The number of hydrogen-bond acceptors (Lipinski definition) is 8. The molecule has 190 valence electrons. The van der Waals surface area contributed by atoms with Crippen LogP contribution in [0.15, 0.2) is 52.3 Å². The van der Waals surface area contributed by atoms with Gasteiger partial charge >= 0.3 is 0 Å². The van der Waals surface area contributed by atoms with Gasteiger partial charge in [0.15, 0.2) is 15.0 Å². The predicted octanol–water partition coefficient (Wildman–Crippen LogP) is 4.28. The zero-order valence-electron chi connectivity index (χ0n) is 19.8. The summed E-state index contributed by atoms with van der Waals surface area (Å²) in [4.78, 5) is 23.4. The summed E-state index contributed by atoms with van der Waals surface area (Å²) in [5, 5.41) is 0.610. The number of thiazole rings is 1. The van der Waals surface area contributed by atoms with Crippen LogP contribution in [0.25, 0.3) is 10.2 Å². The third-order valence-corrected chi connectivity index (χ3v) is 8.82. The van der Waals surface area contributed by atoms with Gasteiger partial charge in [0.2, 0.25) is 5.91 Å². The van der Waals surface area contributed by atoms with Gasteiger partial charge in [-0.25, -0.2) is 13.4 Å². The first-order valence-corrected chi connectivity index (χ1v) is 14.9. The number of sulfone groups is 1. The van der Waals surface area contributed by atoms with Gasteiger partial charge in [-0.1, -0.05) is 29.0 Å². The molecular weight excluding hydrogens is 526 g/mol. The fourth-order valence-electron chi connectivity index (χ4n) is 3.66. The molecule has 0 atom stereocenters. The summed E-state index contributed by atoms with van der Waals surface area (Å²) in [5.41, 5.74) is 1.91. The van der Waals surface area contributed by atoms with Crippen molar-refractivity contribution in [1.29, 1.82) is 0 Å². The normalized spacial score (nSPS) is 14.6. The van der Waals surface area contributed by atoms with Crippen molar-refractivity contribution < 1.29 is 17.9 Å². The van der Waals surface area contributed by atoms with E-state index < -0.39 is 9.84 Å². The Bertz CT molecular complexity index is 1240. The fourth-order valence-corrected chi connectivity index (χ4v) is 6.27. The lowest BCUT2D eigenvalue weighted by Gasteiger charge is -2.29. The maximum absolute atomic E-state index is 13.3. The van der Waals surface area contributed by atoms with Crippen molar-refractivity contribution in [3.8, 4) is 0 Å². The van der Waals surface area contributed by atoms with Crippen LogP contribution in [0.2, 0.25) is 0 Å². The number of thioether (sulfide) groups is 1. The number of benzene rings is 2. The monoisotopic (exact) mass is 555 g/mol. The molecule has 0 radical (unpaired) electrons. The number of ether oxygens (including phenoxy) is 1. The highest BCUT2D eigenvalue weighted by atomic mass is 35.5. The third-order valence-electron chi connectivity index (χ3n) is 5.66. The van der Waals surface area contributed by atoms with E-state index in [-0.39, 0.29) is 23.2 Å². The van der Waals surface area contributed by atoms with Gasteiger partial charge < -0.3 is 4.74 Å². The number of rotatable bonds is 9. The minimum absolute atomic E-state index is 0. The summed E-state index contributed by atoms with van der Waals surface area (Å²) in [5.74, 6) is 0.703. The van der Waals surface area contributed by atoms with Gasteiger partial charge in [-0.15, -0.1) is 24.2 Å². The average Bonchev–Trinajstić information content (AvgIpc) is 3.24. The Balaban J connectivity index is 0.00000342. The lowest BCUT2D eigenvalue weighted by Crippen LogP contribution is -2.43. The lowest BCUT2D eigenvalue weighted by atomic mass is 10.2. The lowest BCUT2D eigenvalue weighted by molar-refractivity contribution is -0.118. The second kappa shape index (κ2) is 12.5. The molecule has 1 aliphatic heterocycles. The smallest absolute Gasteiger partial charge is 0.229 e. The molecule has 0 N–H and O–H groups in total. The molecule has 0 bridgehead atoms. The topological polar surface area (TPSA) is 79.8 Å². The van der Waals surface area contributed by atoms with Crippen LogP contribution in [-0.4, -0.2) is 75.6 Å². The molecule has 2 aromatic carbocycles. The molecule has 1 fully saturated rings. The summed E-state index contributed by atoms with van der Waals surface area (Å²) < 4.78 is 30.1. The Morgan fingerprint density at radius 3 is 2.57 bits per heavy atom. The molecule has 0 saturated carbocycles. The van der Waals surface area contributed by atoms with Crippen LogP contribution in [0.1, 0.15) is 12.0 Å². The Hall–Kier alpha value is -1.69. The van der Waals surface area contributed by atoms with Crippen molar-refractivity contribution in [2.75, 3.05) is 56.3 Å². The Kier molecular flexibility index (Phi) is 9.97. The van der Waals surface area contributed by atoms with Gasteiger partial charge in [0.1, 0.15) is 0 Å². The van der Waals surface area contributed by atoms with Crippen LogP contribution in [0, 0.1) is 6.92 Å². The van der Waals surface area contributed by atoms with Crippen LogP contribution >= 0.6 is 35.5 Å². The van der Waals surface area contributed by atoms with Crippen LogP contribution in [0.4, 0.5) is 5.13 Å². The molecule has 35 heavy (non-hydrogen) atoms. The molecule has 3 aromatic rings. The van der Waals surface area contributed by atoms with Crippen molar-refractivity contribution in [2.45, 2.75) is 23.1 Å². The molecule has 2 heterocycles. The number of aromatic nitrogens is 1. The summed E-state index contributed by atoms with van der Waals surface area (Å²) in [6.07, 6.45) is 1.59. The van der Waals surface area contributed by atoms with Gasteiger partial charge in [0.25, 0.3) is 0 Å². The van der Waals surface area contributed by atoms with Gasteiger partial charge in [0.05, 0.1) is 28.3 Å². The molecule has 0 aliphatic carbocycles. The highest BCUT2D eigenvalue weighted by Gasteiger charge is 2.22. The van der Waals surface area contributed by atoms with E-state index in [1.165, 1.54) is 23.2 Å². The SMILES string of the molecule is Cc1ccc(SCCC(=O)N(CCN2CCOCC2)c2nc3ccc(S(C)(=O)=O)cc3s2)cc1.Cl. The predicted molar refractivity (Wildman–Crippen MR) is 146 cm³/mol. The number of halogens is 1. The summed E-state index contributed by atoms with van der Waals surface area (Å²) in [6, 6.07) is 13.2. The summed E-state index contributed by atoms with van der Waals surface area (Å²) in [6.45, 7) is 6.44. The molecule has 1 aromatic heterocycles. The van der Waals surface area contributed by atoms with E-state index in [2.05, 4.69) is 41.1 Å². The summed E-state index contributed by atoms with van der Waals surface area (Å²) >= 11 is 3.03. The van der Waals surface area contributed by atoms with Crippen molar-refractivity contribution in [3.05, 3.63) is 48.0 Å². The van der Waals surface area contributed by atoms with E-state index in [0.717, 1.165) is 29.2 Å². The van der Waals surface area contributed by atoms with Crippen LogP contribution < -0.4 is 4.90 Å². The molecule has 0 unspecified atom stereocenters. The first-order chi connectivity index (χ1) is 16.3. The van der Waals surface area contributed by atoms with E-state index in [0.29, 0.717) is 42.6 Å². The van der Waals surface area contributed by atoms with Crippen molar-refractivity contribution in [2.24, 2.45) is 0 Å². The Morgan fingerprint density at radius 2 is 1.89 bits per heavy atom. The fraction of sp³-hybridized carbons (Fsp3) is 0.417. The average molecular weight is 556 g/mol. The van der Waals surface area contributed by atoms with E-state index in [4.69, 9.17) is 4.74 Å². The number of hydrogen-bond donors (Lipinski definition) is 0. The van der Waals surface area contributed by atoms with Crippen molar-refractivity contribution in [3.63, 3.8) is 0 Å². The minimum Gasteiger partial charge on any atom is -0.379 e. The number of morpholine rings is 1. The van der Waals surface area contributed by atoms with E-state index >= 15 is 0 Å². The van der Waals surface area contributed by atoms with E-state index in [9.17, 15) is 13.2 Å². The number of anilines is 1. The van der Waals surface area contributed by atoms with Gasteiger partial charge in [-0.2, -0.15) is 0 Å². The molecule has 0 spiro atoms. The van der Waals surface area contributed by atoms with E-state index in [1.54, 1.807) is 34.9 Å². The number of fused-ring (bicyclic) bond motifs is 1. The number of carbonyl (C=O) groups is 1. The Morgan fingerprint density at radius 1 is 1.17 bits per heavy atom. The minimum atomic E-state index is -3.31. The van der Waals surface area contributed by atoms with E-state index in [1.807, 2.05) is 0 Å². The molecular formula is C24H30ClN3O4S3. The molecule has 4 rings (SSSR count). The molecule has 1 amide bonds. The van der Waals surface area contributed by atoms with Gasteiger partial charge in [-0.3, -0.25) is 14.6 Å². The molecule has 11 heteroatoms. The number of aryl methyl sites for hydroxylation is 1. The largest absolute Gasteiger partial charge is 0.379 e. The Labute approximate surface area is 221 Å². The first kappa shape index (κ1) is 27.9. The number of carbonyl (C=O) groups excluding carboxylic acids is 1. The third kappa shape index (κ3) is 7.65. The maximum atomic E-state index is 13.3. The van der Waals surface area contributed by atoms with Gasteiger partial charge in [-0.05, 0) is 37.3 Å². The van der Waals surface area contributed by atoms with Crippen LogP contribution in [0.5, 0.6) is 0 Å². The van der Waals surface area contributed by atoms with Crippen LogP contribution in [0.3, 0.4) is 0 Å². The highest BCUT2D eigenvalue weighted by Crippen LogP contribution is 2.31. The second-order valence-corrected chi connectivity index (χ2v) is 12.5. The zero-order valence-corrected chi connectivity index (χ0v) is 23.1. The van der Waals surface area contributed by atoms with Crippen LogP contribution in [-0.2, 0) is 19.4 Å². The molecule has 1 aliphatic rings. The standard InChI is InChI=1S/C24H29N3O4S3.ClH/c1-18-3-5-19(6-4-18)32-16-9-23(28)27(11-10-26-12-14-31-15-13-26)24-25-21-8-7-20(34(2,29)30)17-22(21)33-24;/h3-8,17H,9-16H2,1-2H3;1H. The first-order valence-electron chi connectivity index (χ1n) is 11.2. The quantitative estimate of drug-likeness (QED) is 0.365. The molecule has 1 saturated heterocycles. The molecule has 7 nitrogen and oxygen atoms in total. The summed E-state index contributed by atoms with van der Waals surface area (Å²) in [7, 11) is -3.31. The maximum Gasteiger partial charge on any atom is 0.229 e.